The molecule has 1 saturated heterocycles. The molecule has 0 atom stereocenters. The van der Waals surface area contributed by atoms with E-state index in [2.05, 4.69) is 4.72 Å². The summed E-state index contributed by atoms with van der Waals surface area (Å²) >= 11 is 5.83. The molecule has 0 radical (unpaired) electrons. The molecule has 128 valence electrons. The van der Waals surface area contributed by atoms with Crippen LogP contribution < -0.4 is 9.46 Å². The molecule has 2 aromatic rings. The highest BCUT2D eigenvalue weighted by Crippen LogP contribution is 2.24. The van der Waals surface area contributed by atoms with Crippen molar-refractivity contribution in [1.82, 2.24) is 4.72 Å². The number of sulfonamides is 1. The monoisotopic (exact) mass is 367 g/mol. The summed E-state index contributed by atoms with van der Waals surface area (Å²) in [4.78, 5) is 0.220. The average Bonchev–Trinajstić information content (AvgIpc) is 2.58. The van der Waals surface area contributed by atoms with Crippen LogP contribution in [-0.4, -0.2) is 27.7 Å². The smallest absolute Gasteiger partial charge is 0.240 e. The number of benzene rings is 2. The van der Waals surface area contributed by atoms with Gasteiger partial charge in [-0.2, -0.15) is 0 Å². The Hall–Kier alpha value is -1.60. The SMILES string of the molecule is O=S(=O)(NC1CCOCC1)c1ccc(Oc2ccc(Cl)cc2)cc1. The minimum absolute atomic E-state index is 0.0752. The maximum atomic E-state index is 12.4. The molecule has 3 rings (SSSR count). The lowest BCUT2D eigenvalue weighted by atomic mass is 10.1. The van der Waals surface area contributed by atoms with Gasteiger partial charge in [-0.1, -0.05) is 11.6 Å². The molecule has 0 aromatic heterocycles. The second-order valence-corrected chi connectivity index (χ2v) is 7.69. The Morgan fingerprint density at radius 1 is 0.958 bits per heavy atom. The summed E-state index contributed by atoms with van der Waals surface area (Å²) in [7, 11) is -3.53. The molecule has 5 nitrogen and oxygen atoms in total. The van der Waals surface area contributed by atoms with Crippen molar-refractivity contribution in [3.05, 3.63) is 53.6 Å². The van der Waals surface area contributed by atoms with Crippen LogP contribution in [0.4, 0.5) is 0 Å². The predicted molar refractivity (Wildman–Crippen MR) is 92.1 cm³/mol. The Kier molecular flexibility index (Phi) is 5.40. The molecule has 0 spiro atoms. The van der Waals surface area contributed by atoms with Crippen LogP contribution in [0.15, 0.2) is 53.4 Å². The van der Waals surface area contributed by atoms with Gasteiger partial charge in [-0.3, -0.25) is 0 Å². The maximum absolute atomic E-state index is 12.4. The molecule has 1 N–H and O–H groups in total. The topological polar surface area (TPSA) is 64.6 Å². The number of rotatable bonds is 5. The molecule has 0 unspecified atom stereocenters. The van der Waals surface area contributed by atoms with Crippen LogP contribution in [0.5, 0.6) is 11.5 Å². The Morgan fingerprint density at radius 3 is 2.08 bits per heavy atom. The van der Waals surface area contributed by atoms with Gasteiger partial charge in [0.2, 0.25) is 10.0 Å². The summed E-state index contributed by atoms with van der Waals surface area (Å²) in [6.45, 7) is 1.17. The second kappa shape index (κ2) is 7.53. The van der Waals surface area contributed by atoms with Crippen molar-refractivity contribution in [2.75, 3.05) is 13.2 Å². The number of halogens is 1. The van der Waals surface area contributed by atoms with E-state index in [1.165, 1.54) is 12.1 Å². The summed E-state index contributed by atoms with van der Waals surface area (Å²) in [6, 6.07) is 13.2. The van der Waals surface area contributed by atoms with Crippen LogP contribution in [0.1, 0.15) is 12.8 Å². The first kappa shape index (κ1) is 17.2. The highest BCUT2D eigenvalue weighted by atomic mass is 35.5. The van der Waals surface area contributed by atoms with Crippen LogP contribution in [0, 0.1) is 0 Å². The largest absolute Gasteiger partial charge is 0.457 e. The van der Waals surface area contributed by atoms with Crippen molar-refractivity contribution in [1.29, 1.82) is 0 Å². The van der Waals surface area contributed by atoms with E-state index < -0.39 is 10.0 Å². The van der Waals surface area contributed by atoms with Crippen molar-refractivity contribution in [3.8, 4) is 11.5 Å². The summed E-state index contributed by atoms with van der Waals surface area (Å²) < 4.78 is 38.4. The van der Waals surface area contributed by atoms with E-state index in [-0.39, 0.29) is 10.9 Å². The van der Waals surface area contributed by atoms with Crippen molar-refractivity contribution in [2.45, 2.75) is 23.8 Å². The summed E-state index contributed by atoms with van der Waals surface area (Å²) in [6.07, 6.45) is 1.38. The standard InChI is InChI=1S/C17H18ClNO4S/c18-13-1-3-15(4-2-13)23-16-5-7-17(8-6-16)24(20,21)19-14-9-11-22-12-10-14/h1-8,14,19H,9-12H2. The van der Waals surface area contributed by atoms with Crippen LogP contribution in [0.25, 0.3) is 0 Å². The van der Waals surface area contributed by atoms with E-state index in [1.807, 2.05) is 0 Å². The highest BCUT2D eigenvalue weighted by molar-refractivity contribution is 7.89. The fraction of sp³-hybridized carbons (Fsp3) is 0.294. The average molecular weight is 368 g/mol. The lowest BCUT2D eigenvalue weighted by Crippen LogP contribution is -2.38. The summed E-state index contributed by atoms with van der Waals surface area (Å²) in [5.41, 5.74) is 0. The second-order valence-electron chi connectivity index (χ2n) is 5.54. The van der Waals surface area contributed by atoms with E-state index in [0.717, 1.165) is 0 Å². The van der Waals surface area contributed by atoms with Crippen LogP contribution in [-0.2, 0) is 14.8 Å². The third kappa shape index (κ3) is 4.48. The third-order valence-corrected chi connectivity index (χ3v) is 5.51. The van der Waals surface area contributed by atoms with Gasteiger partial charge in [-0.15, -0.1) is 0 Å². The maximum Gasteiger partial charge on any atom is 0.240 e. The van der Waals surface area contributed by atoms with Gasteiger partial charge in [0.05, 0.1) is 4.90 Å². The molecule has 1 fully saturated rings. The van der Waals surface area contributed by atoms with Crippen molar-refractivity contribution in [3.63, 3.8) is 0 Å². The van der Waals surface area contributed by atoms with Crippen molar-refractivity contribution >= 4 is 21.6 Å². The Morgan fingerprint density at radius 2 is 1.50 bits per heavy atom. The molecule has 24 heavy (non-hydrogen) atoms. The van der Waals surface area contributed by atoms with Gasteiger partial charge < -0.3 is 9.47 Å². The van der Waals surface area contributed by atoms with Gasteiger partial charge in [0, 0.05) is 24.3 Å². The first-order chi connectivity index (χ1) is 11.5. The fourth-order valence-electron chi connectivity index (χ4n) is 2.43. The Labute approximate surface area is 146 Å². The van der Waals surface area contributed by atoms with Crippen LogP contribution in [0.3, 0.4) is 0 Å². The molecular formula is C17H18ClNO4S. The third-order valence-electron chi connectivity index (χ3n) is 3.73. The molecule has 0 saturated carbocycles. The van der Waals surface area contributed by atoms with Gasteiger partial charge in [0.25, 0.3) is 0 Å². The molecule has 0 amide bonds. The zero-order valence-electron chi connectivity index (χ0n) is 12.9. The molecular weight excluding hydrogens is 350 g/mol. The zero-order chi connectivity index (χ0) is 17.0. The molecule has 1 heterocycles. The Balaban J connectivity index is 1.67. The van der Waals surface area contributed by atoms with E-state index in [4.69, 9.17) is 21.1 Å². The molecule has 0 bridgehead atoms. The number of hydrogen-bond acceptors (Lipinski definition) is 4. The number of nitrogens with one attached hydrogen (secondary N) is 1. The van der Waals surface area contributed by atoms with Gasteiger partial charge in [-0.05, 0) is 61.4 Å². The minimum atomic E-state index is -3.53. The molecule has 2 aromatic carbocycles. The normalized spacial score (nSPS) is 16.0. The van der Waals surface area contributed by atoms with Gasteiger partial charge >= 0.3 is 0 Å². The molecule has 0 aliphatic carbocycles. The summed E-state index contributed by atoms with van der Waals surface area (Å²) in [5, 5.41) is 0.628. The van der Waals surface area contributed by atoms with E-state index in [1.54, 1.807) is 36.4 Å². The van der Waals surface area contributed by atoms with E-state index in [0.29, 0.717) is 42.6 Å². The lowest BCUT2D eigenvalue weighted by Gasteiger charge is -2.23. The highest BCUT2D eigenvalue weighted by Gasteiger charge is 2.22. The van der Waals surface area contributed by atoms with Crippen molar-refractivity contribution in [2.24, 2.45) is 0 Å². The van der Waals surface area contributed by atoms with Gasteiger partial charge in [0.15, 0.2) is 0 Å². The van der Waals surface area contributed by atoms with Gasteiger partial charge in [-0.25, -0.2) is 13.1 Å². The van der Waals surface area contributed by atoms with E-state index in [9.17, 15) is 8.42 Å². The molecule has 1 aliphatic heterocycles. The number of hydrogen-bond donors (Lipinski definition) is 1. The summed E-state index contributed by atoms with van der Waals surface area (Å²) in [5.74, 6) is 1.19. The first-order valence-corrected chi connectivity index (χ1v) is 9.53. The fourth-order valence-corrected chi connectivity index (χ4v) is 3.86. The van der Waals surface area contributed by atoms with E-state index >= 15 is 0 Å². The van der Waals surface area contributed by atoms with Crippen LogP contribution in [0.2, 0.25) is 5.02 Å². The Bertz CT molecular complexity index is 769. The van der Waals surface area contributed by atoms with Gasteiger partial charge in [0.1, 0.15) is 11.5 Å². The van der Waals surface area contributed by atoms with Crippen LogP contribution >= 0.6 is 11.6 Å². The lowest BCUT2D eigenvalue weighted by molar-refractivity contribution is 0.0832. The quantitative estimate of drug-likeness (QED) is 0.877. The molecule has 1 aliphatic rings. The van der Waals surface area contributed by atoms with Crippen molar-refractivity contribution < 1.29 is 17.9 Å². The number of ether oxygens (including phenoxy) is 2. The zero-order valence-corrected chi connectivity index (χ0v) is 14.5. The predicted octanol–water partition coefficient (Wildman–Crippen LogP) is 3.59. The first-order valence-electron chi connectivity index (χ1n) is 7.66. The minimum Gasteiger partial charge on any atom is -0.457 e. The molecule has 7 heteroatoms.